The molecule has 1 aromatic carbocycles. The minimum Gasteiger partial charge on any atom is -0.480 e. The predicted molar refractivity (Wildman–Crippen MR) is 60.2 cm³/mol. The molecule has 0 aliphatic carbocycles. The van der Waals surface area contributed by atoms with E-state index in [0.717, 1.165) is 16.7 Å². The van der Waals surface area contributed by atoms with Crippen LogP contribution in [0, 0.1) is 13.8 Å². The number of aliphatic carboxylic acids is 1. The number of carboxylic acid groups (broad SMARTS) is 1. The van der Waals surface area contributed by atoms with Gasteiger partial charge < -0.3 is 10.8 Å². The number of hydrogen-bond acceptors (Lipinski definition) is 2. The van der Waals surface area contributed by atoms with Crippen LogP contribution in [0.5, 0.6) is 0 Å². The van der Waals surface area contributed by atoms with Gasteiger partial charge in [-0.15, -0.1) is 0 Å². The van der Waals surface area contributed by atoms with Crippen molar-refractivity contribution >= 4 is 17.6 Å². The average molecular weight is 228 g/mol. The van der Waals surface area contributed by atoms with Crippen LogP contribution >= 0.6 is 11.6 Å². The van der Waals surface area contributed by atoms with Gasteiger partial charge in [-0.1, -0.05) is 17.7 Å². The predicted octanol–water partition coefficient (Wildman–Crippen LogP) is 1.91. The first-order chi connectivity index (χ1) is 6.93. The van der Waals surface area contributed by atoms with Crippen LogP contribution in [0.2, 0.25) is 5.02 Å². The SMILES string of the molecule is Cc1ccc(Cl)c(C)c1CC(N)C(=O)O. The van der Waals surface area contributed by atoms with Gasteiger partial charge in [0.25, 0.3) is 0 Å². The van der Waals surface area contributed by atoms with Crippen molar-refractivity contribution in [2.75, 3.05) is 0 Å². The van der Waals surface area contributed by atoms with Crippen molar-refractivity contribution in [3.05, 3.63) is 33.8 Å². The van der Waals surface area contributed by atoms with Gasteiger partial charge in [0.15, 0.2) is 0 Å². The van der Waals surface area contributed by atoms with Gasteiger partial charge >= 0.3 is 5.97 Å². The number of rotatable bonds is 3. The summed E-state index contributed by atoms with van der Waals surface area (Å²) < 4.78 is 0. The van der Waals surface area contributed by atoms with Crippen LogP contribution in [0.1, 0.15) is 16.7 Å². The van der Waals surface area contributed by atoms with E-state index in [1.54, 1.807) is 0 Å². The van der Waals surface area contributed by atoms with Crippen LogP contribution in [-0.4, -0.2) is 17.1 Å². The Hall–Kier alpha value is -1.06. The van der Waals surface area contributed by atoms with Crippen LogP contribution in [-0.2, 0) is 11.2 Å². The molecule has 3 N–H and O–H groups in total. The maximum absolute atomic E-state index is 10.7. The molecule has 0 saturated carbocycles. The second-order valence-electron chi connectivity index (χ2n) is 3.62. The first kappa shape index (κ1) is 12.0. The first-order valence-corrected chi connectivity index (χ1v) is 5.04. The van der Waals surface area contributed by atoms with E-state index in [4.69, 9.17) is 22.4 Å². The quantitative estimate of drug-likeness (QED) is 0.829. The fourth-order valence-electron chi connectivity index (χ4n) is 1.48. The Morgan fingerprint density at radius 3 is 2.67 bits per heavy atom. The number of hydrogen-bond donors (Lipinski definition) is 2. The molecule has 3 nitrogen and oxygen atoms in total. The smallest absolute Gasteiger partial charge is 0.320 e. The molecule has 1 rings (SSSR count). The van der Waals surface area contributed by atoms with E-state index < -0.39 is 12.0 Å². The molecule has 0 spiro atoms. The molecule has 82 valence electrons. The van der Waals surface area contributed by atoms with E-state index in [0.29, 0.717) is 11.4 Å². The zero-order valence-corrected chi connectivity index (χ0v) is 9.51. The Kier molecular flexibility index (Phi) is 3.72. The molecule has 0 aromatic heterocycles. The Balaban J connectivity index is 3.03. The van der Waals surface area contributed by atoms with E-state index in [1.165, 1.54) is 0 Å². The summed E-state index contributed by atoms with van der Waals surface area (Å²) in [4.78, 5) is 10.7. The van der Waals surface area contributed by atoms with Crippen molar-refractivity contribution < 1.29 is 9.90 Å². The fraction of sp³-hybridized carbons (Fsp3) is 0.364. The van der Waals surface area contributed by atoms with E-state index in [2.05, 4.69) is 0 Å². The van der Waals surface area contributed by atoms with Gasteiger partial charge in [-0.3, -0.25) is 4.79 Å². The minimum absolute atomic E-state index is 0.313. The molecule has 4 heteroatoms. The Bertz CT molecular complexity index is 390. The van der Waals surface area contributed by atoms with Gasteiger partial charge in [-0.2, -0.15) is 0 Å². The summed E-state index contributed by atoms with van der Waals surface area (Å²) in [7, 11) is 0. The maximum Gasteiger partial charge on any atom is 0.320 e. The van der Waals surface area contributed by atoms with Gasteiger partial charge in [0.05, 0.1) is 0 Å². The molecule has 0 fully saturated rings. The third-order valence-corrected chi connectivity index (χ3v) is 2.92. The van der Waals surface area contributed by atoms with Crippen LogP contribution in [0.15, 0.2) is 12.1 Å². The van der Waals surface area contributed by atoms with Crippen molar-refractivity contribution in [2.45, 2.75) is 26.3 Å². The largest absolute Gasteiger partial charge is 0.480 e. The average Bonchev–Trinajstić information content (AvgIpc) is 2.18. The van der Waals surface area contributed by atoms with Gasteiger partial charge in [0.2, 0.25) is 0 Å². The highest BCUT2D eigenvalue weighted by molar-refractivity contribution is 6.31. The summed E-state index contributed by atoms with van der Waals surface area (Å²) in [5.74, 6) is -0.992. The highest BCUT2D eigenvalue weighted by Gasteiger charge is 2.15. The molecule has 0 amide bonds. The lowest BCUT2D eigenvalue weighted by Crippen LogP contribution is -2.32. The molecular weight excluding hydrogens is 214 g/mol. The summed E-state index contributed by atoms with van der Waals surface area (Å²) in [6.07, 6.45) is 0.313. The Morgan fingerprint density at radius 2 is 2.13 bits per heavy atom. The Morgan fingerprint density at radius 1 is 1.53 bits per heavy atom. The zero-order chi connectivity index (χ0) is 11.6. The van der Waals surface area contributed by atoms with Crippen LogP contribution in [0.4, 0.5) is 0 Å². The lowest BCUT2D eigenvalue weighted by Gasteiger charge is -2.13. The van der Waals surface area contributed by atoms with Gasteiger partial charge in [0.1, 0.15) is 6.04 Å². The van der Waals surface area contributed by atoms with Crippen molar-refractivity contribution in [3.8, 4) is 0 Å². The molecule has 1 aromatic rings. The highest BCUT2D eigenvalue weighted by Crippen LogP contribution is 2.23. The van der Waals surface area contributed by atoms with Crippen LogP contribution < -0.4 is 5.73 Å². The van der Waals surface area contributed by atoms with Crippen molar-refractivity contribution in [3.63, 3.8) is 0 Å². The molecule has 1 atom stereocenters. The van der Waals surface area contributed by atoms with Gasteiger partial charge in [-0.05, 0) is 43.0 Å². The van der Waals surface area contributed by atoms with Gasteiger partial charge in [-0.25, -0.2) is 0 Å². The normalized spacial score (nSPS) is 12.5. The lowest BCUT2D eigenvalue weighted by atomic mass is 9.97. The van der Waals surface area contributed by atoms with E-state index in [-0.39, 0.29) is 0 Å². The summed E-state index contributed by atoms with van der Waals surface area (Å²) in [6.45, 7) is 3.80. The Labute approximate surface area is 93.9 Å². The van der Waals surface area contributed by atoms with E-state index in [1.807, 2.05) is 26.0 Å². The third kappa shape index (κ3) is 2.70. The van der Waals surface area contributed by atoms with Crippen LogP contribution in [0.3, 0.4) is 0 Å². The summed E-state index contributed by atoms with van der Waals surface area (Å²) in [6, 6.07) is 2.81. The standard InChI is InChI=1S/C11H14ClNO2/c1-6-3-4-9(12)7(2)8(6)5-10(13)11(14)15/h3-4,10H,5,13H2,1-2H3,(H,14,15). The molecule has 0 saturated heterocycles. The zero-order valence-electron chi connectivity index (χ0n) is 8.75. The number of benzene rings is 1. The molecule has 0 aliphatic rings. The molecule has 0 radical (unpaired) electrons. The second-order valence-corrected chi connectivity index (χ2v) is 4.02. The van der Waals surface area contributed by atoms with E-state index in [9.17, 15) is 4.79 Å². The van der Waals surface area contributed by atoms with E-state index >= 15 is 0 Å². The van der Waals surface area contributed by atoms with Crippen LogP contribution in [0.25, 0.3) is 0 Å². The third-order valence-electron chi connectivity index (χ3n) is 2.51. The summed E-state index contributed by atoms with van der Waals surface area (Å²) >= 11 is 5.96. The molecule has 1 unspecified atom stereocenters. The molecular formula is C11H14ClNO2. The monoisotopic (exact) mass is 227 g/mol. The number of carboxylic acids is 1. The molecule has 0 heterocycles. The minimum atomic E-state index is -0.992. The molecule has 0 bridgehead atoms. The number of carbonyl (C=O) groups is 1. The molecule has 15 heavy (non-hydrogen) atoms. The lowest BCUT2D eigenvalue weighted by molar-refractivity contribution is -0.138. The summed E-state index contributed by atoms with van der Waals surface area (Å²) in [5.41, 5.74) is 8.35. The second kappa shape index (κ2) is 4.64. The van der Waals surface area contributed by atoms with Crippen molar-refractivity contribution in [2.24, 2.45) is 5.73 Å². The number of halogens is 1. The van der Waals surface area contributed by atoms with Crippen molar-refractivity contribution in [1.29, 1.82) is 0 Å². The topological polar surface area (TPSA) is 63.3 Å². The fourth-order valence-corrected chi connectivity index (χ4v) is 1.66. The highest BCUT2D eigenvalue weighted by atomic mass is 35.5. The molecule has 0 aliphatic heterocycles. The van der Waals surface area contributed by atoms with Crippen molar-refractivity contribution in [1.82, 2.24) is 0 Å². The van der Waals surface area contributed by atoms with Gasteiger partial charge in [0, 0.05) is 5.02 Å². The number of aryl methyl sites for hydroxylation is 1. The maximum atomic E-state index is 10.7. The first-order valence-electron chi connectivity index (χ1n) is 4.66. The summed E-state index contributed by atoms with van der Waals surface area (Å²) in [5, 5.41) is 9.38. The number of nitrogens with two attached hydrogens (primary N) is 1.